The fraction of sp³-hybridized carbons (Fsp3) is 0.611. The lowest BCUT2D eigenvalue weighted by atomic mass is 10.2. The maximum absolute atomic E-state index is 12.9. The van der Waals surface area contributed by atoms with E-state index in [-0.39, 0.29) is 11.8 Å². The Morgan fingerprint density at radius 1 is 1.21 bits per heavy atom. The molecule has 0 N–H and O–H groups in total. The number of fused-ring (bicyclic) bond motifs is 1. The summed E-state index contributed by atoms with van der Waals surface area (Å²) in [5.74, 6) is 0.381. The molecule has 1 aliphatic heterocycles. The van der Waals surface area contributed by atoms with Crippen LogP contribution >= 0.6 is 0 Å². The quantitative estimate of drug-likeness (QED) is 0.760. The summed E-state index contributed by atoms with van der Waals surface area (Å²) in [6.07, 6.45) is 4.31. The van der Waals surface area contributed by atoms with E-state index in [0.29, 0.717) is 24.5 Å². The van der Waals surface area contributed by atoms with Gasteiger partial charge in [-0.05, 0) is 55.9 Å². The molecule has 132 valence electrons. The van der Waals surface area contributed by atoms with Crippen LogP contribution in [0.15, 0.2) is 23.1 Å². The van der Waals surface area contributed by atoms with Crippen LogP contribution in [0.4, 0.5) is 5.69 Å². The first-order chi connectivity index (χ1) is 11.5. The summed E-state index contributed by atoms with van der Waals surface area (Å²) in [5, 5.41) is 0. The average molecular weight is 350 g/mol. The molecule has 6 heteroatoms. The predicted octanol–water partition coefficient (Wildman–Crippen LogP) is 2.80. The number of sulfonamides is 1. The molecule has 0 saturated heterocycles. The van der Waals surface area contributed by atoms with Crippen LogP contribution < -0.4 is 4.90 Å². The van der Waals surface area contributed by atoms with Crippen LogP contribution in [0, 0.1) is 5.92 Å². The Morgan fingerprint density at radius 3 is 2.46 bits per heavy atom. The van der Waals surface area contributed by atoms with Crippen molar-refractivity contribution in [1.29, 1.82) is 0 Å². The van der Waals surface area contributed by atoms with Crippen LogP contribution in [0.5, 0.6) is 0 Å². The molecule has 0 atom stereocenters. The molecule has 0 spiro atoms. The lowest BCUT2D eigenvalue weighted by Crippen LogP contribution is -2.32. The van der Waals surface area contributed by atoms with Crippen LogP contribution in [0.3, 0.4) is 0 Å². The van der Waals surface area contributed by atoms with Crippen LogP contribution in [0.2, 0.25) is 0 Å². The molecule has 1 aromatic rings. The van der Waals surface area contributed by atoms with Gasteiger partial charge < -0.3 is 4.90 Å². The number of carbonyl (C=O) groups excluding carboxylic acids is 1. The lowest BCUT2D eigenvalue weighted by molar-refractivity contribution is -0.119. The minimum Gasteiger partial charge on any atom is -0.312 e. The number of carbonyl (C=O) groups is 1. The van der Waals surface area contributed by atoms with Gasteiger partial charge in [-0.1, -0.05) is 13.8 Å². The Hall–Kier alpha value is -1.40. The molecule has 1 saturated carbocycles. The van der Waals surface area contributed by atoms with Gasteiger partial charge in [0.25, 0.3) is 0 Å². The Balaban J connectivity index is 1.87. The Labute approximate surface area is 144 Å². The Kier molecular flexibility index (Phi) is 4.97. The third kappa shape index (κ3) is 3.22. The predicted molar refractivity (Wildman–Crippen MR) is 94.6 cm³/mol. The summed E-state index contributed by atoms with van der Waals surface area (Å²) in [6, 6.07) is 5.24. The van der Waals surface area contributed by atoms with Crippen molar-refractivity contribution in [2.45, 2.75) is 50.8 Å². The number of hydrogen-bond donors (Lipinski definition) is 0. The van der Waals surface area contributed by atoms with E-state index in [1.807, 2.05) is 24.8 Å². The van der Waals surface area contributed by atoms with Gasteiger partial charge in [0.15, 0.2) is 0 Å². The van der Waals surface area contributed by atoms with E-state index < -0.39 is 10.0 Å². The molecule has 0 radical (unpaired) electrons. The van der Waals surface area contributed by atoms with Gasteiger partial charge in [-0.2, -0.15) is 4.31 Å². The SMILES string of the molecule is CCCN(CCC)S(=O)(=O)c1ccc2c(c1)CCN2C(=O)C1CC1. The Bertz CT molecular complexity index is 720. The molecule has 1 aliphatic carbocycles. The highest BCUT2D eigenvalue weighted by molar-refractivity contribution is 7.89. The van der Waals surface area contributed by atoms with Gasteiger partial charge in [-0.15, -0.1) is 0 Å². The molecule has 0 aromatic heterocycles. The van der Waals surface area contributed by atoms with E-state index in [1.54, 1.807) is 16.4 Å². The van der Waals surface area contributed by atoms with Crippen molar-refractivity contribution in [1.82, 2.24) is 4.31 Å². The van der Waals surface area contributed by atoms with Crippen molar-refractivity contribution in [3.63, 3.8) is 0 Å². The summed E-state index contributed by atoms with van der Waals surface area (Å²) in [6.45, 7) is 5.73. The summed E-state index contributed by atoms with van der Waals surface area (Å²) in [5.41, 5.74) is 1.86. The number of hydrogen-bond acceptors (Lipinski definition) is 3. The molecule has 5 nitrogen and oxygen atoms in total. The maximum atomic E-state index is 12.9. The first-order valence-corrected chi connectivity index (χ1v) is 10.4. The molecule has 1 fully saturated rings. The summed E-state index contributed by atoms with van der Waals surface area (Å²) < 4.78 is 27.3. The molecule has 0 bridgehead atoms. The third-order valence-corrected chi connectivity index (χ3v) is 6.62. The van der Waals surface area contributed by atoms with Gasteiger partial charge in [0.1, 0.15) is 0 Å². The fourth-order valence-corrected chi connectivity index (χ4v) is 4.99. The van der Waals surface area contributed by atoms with Crippen molar-refractivity contribution in [3.8, 4) is 0 Å². The summed E-state index contributed by atoms with van der Waals surface area (Å²) >= 11 is 0. The standard InChI is InChI=1S/C18H26N2O3S/c1-3-10-19(11-4-2)24(22,23)16-7-8-17-15(13-16)9-12-20(17)18(21)14-5-6-14/h7-8,13-14H,3-6,9-12H2,1-2H3. The second kappa shape index (κ2) is 6.84. The zero-order valence-corrected chi connectivity index (χ0v) is 15.3. The van der Waals surface area contributed by atoms with E-state index >= 15 is 0 Å². The van der Waals surface area contributed by atoms with Gasteiger partial charge in [0, 0.05) is 31.2 Å². The zero-order chi connectivity index (χ0) is 17.3. The normalized spacial score (nSPS) is 17.4. The molecule has 2 aliphatic rings. The van der Waals surface area contributed by atoms with Gasteiger partial charge >= 0.3 is 0 Å². The van der Waals surface area contributed by atoms with E-state index in [2.05, 4.69) is 0 Å². The lowest BCUT2D eigenvalue weighted by Gasteiger charge is -2.22. The number of anilines is 1. The van der Waals surface area contributed by atoms with Crippen molar-refractivity contribution in [2.24, 2.45) is 5.92 Å². The highest BCUT2D eigenvalue weighted by atomic mass is 32.2. The number of benzene rings is 1. The van der Waals surface area contributed by atoms with Crippen molar-refractivity contribution < 1.29 is 13.2 Å². The van der Waals surface area contributed by atoms with E-state index in [4.69, 9.17) is 0 Å². The molecule has 3 rings (SSSR count). The fourth-order valence-electron chi connectivity index (χ4n) is 3.32. The highest BCUT2D eigenvalue weighted by Crippen LogP contribution is 2.37. The highest BCUT2D eigenvalue weighted by Gasteiger charge is 2.37. The van der Waals surface area contributed by atoms with Crippen LogP contribution in [-0.2, 0) is 21.2 Å². The topological polar surface area (TPSA) is 57.7 Å². The van der Waals surface area contributed by atoms with Crippen LogP contribution in [0.1, 0.15) is 45.1 Å². The van der Waals surface area contributed by atoms with E-state index in [0.717, 1.165) is 43.4 Å². The van der Waals surface area contributed by atoms with E-state index in [9.17, 15) is 13.2 Å². The van der Waals surface area contributed by atoms with Gasteiger partial charge in [0.05, 0.1) is 4.90 Å². The molecule has 0 unspecified atom stereocenters. The zero-order valence-electron chi connectivity index (χ0n) is 14.5. The van der Waals surface area contributed by atoms with Crippen molar-refractivity contribution in [2.75, 3.05) is 24.5 Å². The molecule has 1 aromatic carbocycles. The average Bonchev–Trinajstić information content (AvgIpc) is 3.33. The second-order valence-corrected chi connectivity index (χ2v) is 8.65. The summed E-state index contributed by atoms with van der Waals surface area (Å²) in [4.78, 5) is 14.5. The van der Waals surface area contributed by atoms with Crippen molar-refractivity contribution in [3.05, 3.63) is 23.8 Å². The van der Waals surface area contributed by atoms with Crippen LogP contribution in [0.25, 0.3) is 0 Å². The minimum atomic E-state index is -3.46. The van der Waals surface area contributed by atoms with E-state index in [1.165, 1.54) is 0 Å². The third-order valence-electron chi connectivity index (χ3n) is 4.72. The molecule has 1 heterocycles. The van der Waals surface area contributed by atoms with Crippen molar-refractivity contribution >= 4 is 21.6 Å². The monoisotopic (exact) mass is 350 g/mol. The summed E-state index contributed by atoms with van der Waals surface area (Å²) in [7, 11) is -3.46. The molecular weight excluding hydrogens is 324 g/mol. The number of amides is 1. The van der Waals surface area contributed by atoms with Gasteiger partial charge in [0.2, 0.25) is 15.9 Å². The molecule has 24 heavy (non-hydrogen) atoms. The molecule has 1 amide bonds. The smallest absolute Gasteiger partial charge is 0.243 e. The number of nitrogens with zero attached hydrogens (tertiary/aromatic N) is 2. The number of rotatable bonds is 7. The first kappa shape index (κ1) is 17.4. The minimum absolute atomic E-state index is 0.184. The maximum Gasteiger partial charge on any atom is 0.243 e. The molecular formula is C18H26N2O3S. The van der Waals surface area contributed by atoms with Gasteiger partial charge in [-0.25, -0.2) is 8.42 Å². The van der Waals surface area contributed by atoms with Gasteiger partial charge in [-0.3, -0.25) is 4.79 Å². The first-order valence-electron chi connectivity index (χ1n) is 8.93. The second-order valence-electron chi connectivity index (χ2n) is 6.71. The Morgan fingerprint density at radius 2 is 1.88 bits per heavy atom. The van der Waals surface area contributed by atoms with Crippen LogP contribution in [-0.4, -0.2) is 38.3 Å². The largest absolute Gasteiger partial charge is 0.312 e.